The van der Waals surface area contributed by atoms with Crippen molar-refractivity contribution in [2.24, 2.45) is 0 Å². The van der Waals surface area contributed by atoms with Gasteiger partial charge >= 0.3 is 5.97 Å². The summed E-state index contributed by atoms with van der Waals surface area (Å²) in [6, 6.07) is 16.0. The zero-order valence-corrected chi connectivity index (χ0v) is 20.9. The van der Waals surface area contributed by atoms with E-state index in [2.05, 4.69) is 21.2 Å². The molecule has 0 bridgehead atoms. The number of benzene rings is 2. The summed E-state index contributed by atoms with van der Waals surface area (Å²) in [6.07, 6.45) is 2.26. The Morgan fingerprint density at radius 3 is 2.58 bits per heavy atom. The van der Waals surface area contributed by atoms with Gasteiger partial charge < -0.3 is 19.6 Å². The summed E-state index contributed by atoms with van der Waals surface area (Å²) in [4.78, 5) is 24.7. The van der Waals surface area contributed by atoms with E-state index in [1.54, 1.807) is 17.8 Å². The third-order valence-electron chi connectivity index (χ3n) is 5.12. The SMILES string of the molecule is CSCC[C@H](NC(=O)c1ccc(COCc2ccc(Br)o2)cc1-c1ccccc1C)C(=O)O. The molecule has 0 unspecified atom stereocenters. The molecule has 0 fully saturated rings. The maximum absolute atomic E-state index is 13.1. The summed E-state index contributed by atoms with van der Waals surface area (Å²) >= 11 is 4.82. The molecular weight excluding hydrogens is 506 g/mol. The van der Waals surface area contributed by atoms with Gasteiger partial charge in [0, 0.05) is 5.56 Å². The number of halogens is 1. The third-order valence-corrected chi connectivity index (χ3v) is 6.19. The number of aryl methyl sites for hydroxylation is 1. The van der Waals surface area contributed by atoms with Crippen LogP contribution in [0.15, 0.2) is 63.7 Å². The molecule has 0 aliphatic heterocycles. The second-order valence-electron chi connectivity index (χ2n) is 7.54. The number of carbonyl (C=O) groups excluding carboxylic acids is 1. The molecule has 0 radical (unpaired) electrons. The van der Waals surface area contributed by atoms with Gasteiger partial charge in [0.05, 0.1) is 6.61 Å². The predicted molar refractivity (Wildman–Crippen MR) is 133 cm³/mol. The number of aliphatic carboxylic acids is 1. The smallest absolute Gasteiger partial charge is 0.326 e. The first-order valence-electron chi connectivity index (χ1n) is 10.4. The maximum Gasteiger partial charge on any atom is 0.326 e. The molecule has 8 heteroatoms. The standard InChI is InChI=1S/C25H26BrNO5S/c1-16-5-3-4-6-19(16)21-13-17(14-31-15-18-8-10-23(26)32-18)7-9-20(21)24(28)27-22(25(29)30)11-12-33-2/h3-10,13,22H,11-12,14-15H2,1-2H3,(H,27,28)(H,29,30)/t22-/m0/s1. The molecule has 1 atom stereocenters. The molecule has 0 aliphatic rings. The normalized spacial score (nSPS) is 11.8. The Morgan fingerprint density at radius 1 is 1.12 bits per heavy atom. The van der Waals surface area contributed by atoms with E-state index in [0.717, 1.165) is 22.3 Å². The van der Waals surface area contributed by atoms with Crippen molar-refractivity contribution in [1.29, 1.82) is 0 Å². The van der Waals surface area contributed by atoms with Crippen molar-refractivity contribution < 1.29 is 23.8 Å². The molecule has 1 aromatic heterocycles. The molecule has 1 heterocycles. The Bertz CT molecular complexity index is 1110. The highest BCUT2D eigenvalue weighted by atomic mass is 79.9. The fourth-order valence-electron chi connectivity index (χ4n) is 3.40. The van der Waals surface area contributed by atoms with Crippen molar-refractivity contribution in [3.63, 3.8) is 0 Å². The van der Waals surface area contributed by atoms with Gasteiger partial charge in [0.25, 0.3) is 5.91 Å². The summed E-state index contributed by atoms with van der Waals surface area (Å²) < 4.78 is 11.9. The fraction of sp³-hybridized carbons (Fsp3) is 0.280. The monoisotopic (exact) mass is 531 g/mol. The number of hydrogen-bond acceptors (Lipinski definition) is 5. The number of amides is 1. The van der Waals surface area contributed by atoms with Gasteiger partial charge in [0.15, 0.2) is 4.67 Å². The molecule has 3 rings (SSSR count). The number of ether oxygens (including phenoxy) is 1. The first-order valence-corrected chi connectivity index (χ1v) is 12.6. The fourth-order valence-corrected chi connectivity index (χ4v) is 4.22. The molecule has 3 aromatic rings. The van der Waals surface area contributed by atoms with Crippen molar-refractivity contribution >= 4 is 39.6 Å². The van der Waals surface area contributed by atoms with Gasteiger partial charge in [-0.05, 0) is 87.8 Å². The van der Waals surface area contributed by atoms with E-state index in [-0.39, 0.29) is 0 Å². The number of rotatable bonds is 11. The minimum absolute atomic E-state index is 0.323. The highest BCUT2D eigenvalue weighted by Gasteiger charge is 2.22. The van der Waals surface area contributed by atoms with Crippen LogP contribution < -0.4 is 5.32 Å². The van der Waals surface area contributed by atoms with E-state index in [9.17, 15) is 14.7 Å². The minimum Gasteiger partial charge on any atom is -0.480 e. The molecule has 0 spiro atoms. The van der Waals surface area contributed by atoms with Crippen LogP contribution in [-0.2, 0) is 22.7 Å². The van der Waals surface area contributed by atoms with Crippen LogP contribution in [0.3, 0.4) is 0 Å². The van der Waals surface area contributed by atoms with Gasteiger partial charge in [-0.15, -0.1) is 0 Å². The molecule has 174 valence electrons. The Hall–Kier alpha value is -2.55. The maximum atomic E-state index is 13.1. The van der Waals surface area contributed by atoms with Gasteiger partial charge in [-0.2, -0.15) is 11.8 Å². The van der Waals surface area contributed by atoms with Crippen LogP contribution in [0.25, 0.3) is 11.1 Å². The summed E-state index contributed by atoms with van der Waals surface area (Å²) in [6.45, 7) is 2.64. The van der Waals surface area contributed by atoms with Crippen molar-refractivity contribution in [3.05, 3.63) is 81.7 Å². The lowest BCUT2D eigenvalue weighted by atomic mass is 9.93. The molecule has 0 saturated heterocycles. The highest BCUT2D eigenvalue weighted by molar-refractivity contribution is 9.10. The molecule has 0 aliphatic carbocycles. The van der Waals surface area contributed by atoms with E-state index >= 15 is 0 Å². The number of furan rings is 1. The van der Waals surface area contributed by atoms with Gasteiger partial charge in [-0.1, -0.05) is 30.3 Å². The minimum atomic E-state index is -1.04. The van der Waals surface area contributed by atoms with Crippen LogP contribution in [-0.4, -0.2) is 35.0 Å². The first-order chi connectivity index (χ1) is 15.9. The van der Waals surface area contributed by atoms with Crippen LogP contribution in [0, 0.1) is 6.92 Å². The number of carbonyl (C=O) groups is 2. The molecule has 2 aromatic carbocycles. The molecule has 6 nitrogen and oxygen atoms in total. The Labute approximate surface area is 205 Å². The first kappa shape index (κ1) is 25.1. The predicted octanol–water partition coefficient (Wildman–Crippen LogP) is 5.67. The number of carboxylic acid groups (broad SMARTS) is 1. The summed E-state index contributed by atoms with van der Waals surface area (Å²) in [5, 5.41) is 12.2. The van der Waals surface area contributed by atoms with Crippen molar-refractivity contribution in [2.45, 2.75) is 32.6 Å². The molecule has 2 N–H and O–H groups in total. The Morgan fingerprint density at radius 2 is 1.91 bits per heavy atom. The summed E-state index contributed by atoms with van der Waals surface area (Å²) in [5.74, 6) is -0.0919. The topological polar surface area (TPSA) is 88.8 Å². The lowest BCUT2D eigenvalue weighted by Crippen LogP contribution is -2.41. The molecule has 1 amide bonds. The zero-order chi connectivity index (χ0) is 23.8. The van der Waals surface area contributed by atoms with Crippen molar-refractivity contribution in [1.82, 2.24) is 5.32 Å². The highest BCUT2D eigenvalue weighted by Crippen LogP contribution is 2.29. The van der Waals surface area contributed by atoms with Crippen LogP contribution in [0.4, 0.5) is 0 Å². The van der Waals surface area contributed by atoms with Crippen LogP contribution >= 0.6 is 27.7 Å². The van der Waals surface area contributed by atoms with Crippen molar-refractivity contribution in [3.8, 4) is 11.1 Å². The number of hydrogen-bond donors (Lipinski definition) is 2. The summed E-state index contributed by atoms with van der Waals surface area (Å²) in [7, 11) is 0. The van der Waals surface area contributed by atoms with Gasteiger partial charge in [0.2, 0.25) is 0 Å². The average molecular weight is 532 g/mol. The lowest BCUT2D eigenvalue weighted by molar-refractivity contribution is -0.139. The quantitative estimate of drug-likeness (QED) is 0.331. The van der Waals surface area contributed by atoms with Gasteiger partial charge in [-0.25, -0.2) is 4.79 Å². The van der Waals surface area contributed by atoms with Crippen molar-refractivity contribution in [2.75, 3.05) is 12.0 Å². The van der Waals surface area contributed by atoms with Gasteiger partial charge in [0.1, 0.15) is 18.4 Å². The Balaban J connectivity index is 1.85. The number of carboxylic acids is 1. The third kappa shape index (κ3) is 6.96. The molecular formula is C25H26BrNO5S. The lowest BCUT2D eigenvalue weighted by Gasteiger charge is -2.17. The molecule has 33 heavy (non-hydrogen) atoms. The largest absolute Gasteiger partial charge is 0.480 e. The van der Waals surface area contributed by atoms with Gasteiger partial charge in [-0.3, -0.25) is 4.79 Å². The summed E-state index contributed by atoms with van der Waals surface area (Å²) in [5.41, 5.74) is 3.99. The number of nitrogens with one attached hydrogen (secondary N) is 1. The van der Waals surface area contributed by atoms with Crippen LogP contribution in [0.5, 0.6) is 0 Å². The van der Waals surface area contributed by atoms with Crippen LogP contribution in [0.2, 0.25) is 0 Å². The second kappa shape index (κ2) is 12.1. The molecule has 0 saturated carbocycles. The van der Waals surface area contributed by atoms with E-state index in [4.69, 9.17) is 9.15 Å². The van der Waals surface area contributed by atoms with E-state index in [1.165, 1.54) is 0 Å². The number of thioether (sulfide) groups is 1. The van der Waals surface area contributed by atoms with Crippen LogP contribution in [0.1, 0.15) is 33.7 Å². The van der Waals surface area contributed by atoms with E-state index in [0.29, 0.717) is 41.4 Å². The second-order valence-corrected chi connectivity index (χ2v) is 9.31. The zero-order valence-electron chi connectivity index (χ0n) is 18.5. The average Bonchev–Trinajstić information content (AvgIpc) is 3.21. The Kier molecular flexibility index (Phi) is 9.17. The van der Waals surface area contributed by atoms with E-state index in [1.807, 2.05) is 61.7 Å². The van der Waals surface area contributed by atoms with E-state index < -0.39 is 17.9 Å².